The standard InChI is InChI=1S/C16H19N5S/c1-12(13(2)21-9-5-8-19-21)18-10-14-11-22-16(20-14)15-6-3-4-7-17-15/h3-9,11-13,18H,10H2,1-2H3/t12-,13-/m1/s1. The molecular formula is C16H19N5S. The van der Waals surface area contributed by atoms with Crippen molar-refractivity contribution in [1.29, 1.82) is 0 Å². The fourth-order valence-corrected chi connectivity index (χ4v) is 2.98. The molecule has 3 rings (SSSR count). The summed E-state index contributed by atoms with van der Waals surface area (Å²) in [5.74, 6) is 0. The second-order valence-electron chi connectivity index (χ2n) is 5.26. The number of thiazole rings is 1. The molecule has 6 heteroatoms. The van der Waals surface area contributed by atoms with E-state index < -0.39 is 0 Å². The minimum absolute atomic E-state index is 0.295. The predicted molar refractivity (Wildman–Crippen MR) is 88.6 cm³/mol. The molecule has 3 heterocycles. The molecule has 0 saturated heterocycles. The number of rotatable bonds is 6. The number of nitrogens with zero attached hydrogens (tertiary/aromatic N) is 4. The van der Waals surface area contributed by atoms with Crippen LogP contribution in [0, 0.1) is 0 Å². The fourth-order valence-electron chi connectivity index (χ4n) is 2.18. The molecule has 114 valence electrons. The zero-order chi connectivity index (χ0) is 15.4. The van der Waals surface area contributed by atoms with Crippen molar-refractivity contribution < 1.29 is 0 Å². The van der Waals surface area contributed by atoms with Gasteiger partial charge in [0.2, 0.25) is 0 Å². The van der Waals surface area contributed by atoms with Gasteiger partial charge in [-0.1, -0.05) is 6.07 Å². The van der Waals surface area contributed by atoms with E-state index in [2.05, 4.69) is 39.6 Å². The van der Waals surface area contributed by atoms with Crippen LogP contribution in [0.4, 0.5) is 0 Å². The predicted octanol–water partition coefficient (Wildman–Crippen LogP) is 3.14. The molecule has 0 aromatic carbocycles. The first kappa shape index (κ1) is 14.9. The Morgan fingerprint density at radius 1 is 1.23 bits per heavy atom. The van der Waals surface area contributed by atoms with Gasteiger partial charge in [-0.05, 0) is 32.0 Å². The maximum atomic E-state index is 4.65. The van der Waals surface area contributed by atoms with Crippen molar-refractivity contribution in [3.05, 3.63) is 53.9 Å². The van der Waals surface area contributed by atoms with Crippen LogP contribution in [0.2, 0.25) is 0 Å². The van der Waals surface area contributed by atoms with Crippen LogP contribution in [0.1, 0.15) is 25.6 Å². The average molecular weight is 313 g/mol. The number of hydrogen-bond donors (Lipinski definition) is 1. The maximum absolute atomic E-state index is 4.65. The van der Waals surface area contributed by atoms with Gasteiger partial charge in [0.25, 0.3) is 0 Å². The lowest BCUT2D eigenvalue weighted by molar-refractivity contribution is 0.364. The summed E-state index contributed by atoms with van der Waals surface area (Å²) in [4.78, 5) is 8.98. The molecule has 0 aliphatic carbocycles. The summed E-state index contributed by atoms with van der Waals surface area (Å²) in [5, 5.41) is 10.9. The summed E-state index contributed by atoms with van der Waals surface area (Å²) in [6, 6.07) is 8.43. The van der Waals surface area contributed by atoms with Gasteiger partial charge in [-0.25, -0.2) is 4.98 Å². The highest BCUT2D eigenvalue weighted by Gasteiger charge is 2.14. The van der Waals surface area contributed by atoms with Crippen LogP contribution < -0.4 is 5.32 Å². The van der Waals surface area contributed by atoms with E-state index in [0.717, 1.165) is 22.9 Å². The Morgan fingerprint density at radius 3 is 2.86 bits per heavy atom. The Labute approximate surface area is 134 Å². The average Bonchev–Trinajstić information content (AvgIpc) is 3.24. The van der Waals surface area contributed by atoms with Crippen LogP contribution in [-0.2, 0) is 6.54 Å². The van der Waals surface area contributed by atoms with E-state index in [-0.39, 0.29) is 0 Å². The quantitative estimate of drug-likeness (QED) is 0.759. The molecule has 3 aromatic heterocycles. The lowest BCUT2D eigenvalue weighted by Gasteiger charge is -2.21. The maximum Gasteiger partial charge on any atom is 0.142 e. The molecular weight excluding hydrogens is 294 g/mol. The largest absolute Gasteiger partial charge is 0.306 e. The first-order valence-corrected chi connectivity index (χ1v) is 8.20. The van der Waals surface area contributed by atoms with Crippen molar-refractivity contribution in [1.82, 2.24) is 25.1 Å². The zero-order valence-electron chi connectivity index (χ0n) is 12.7. The third-order valence-corrected chi connectivity index (χ3v) is 4.62. The van der Waals surface area contributed by atoms with Crippen molar-refractivity contribution in [3.8, 4) is 10.7 Å². The highest BCUT2D eigenvalue weighted by Crippen LogP contribution is 2.21. The van der Waals surface area contributed by atoms with Gasteiger partial charge in [-0.15, -0.1) is 11.3 Å². The molecule has 0 amide bonds. The highest BCUT2D eigenvalue weighted by molar-refractivity contribution is 7.13. The summed E-state index contributed by atoms with van der Waals surface area (Å²) in [7, 11) is 0. The summed E-state index contributed by atoms with van der Waals surface area (Å²) < 4.78 is 1.97. The van der Waals surface area contributed by atoms with Gasteiger partial charge in [-0.2, -0.15) is 5.10 Å². The summed E-state index contributed by atoms with van der Waals surface area (Å²) in [5.41, 5.74) is 1.97. The minimum atomic E-state index is 0.295. The van der Waals surface area contributed by atoms with Gasteiger partial charge in [0.05, 0.1) is 17.4 Å². The van der Waals surface area contributed by atoms with Crippen molar-refractivity contribution in [2.45, 2.75) is 32.5 Å². The molecule has 0 bridgehead atoms. The Hall–Kier alpha value is -2.05. The number of aromatic nitrogens is 4. The molecule has 22 heavy (non-hydrogen) atoms. The first-order chi connectivity index (χ1) is 10.7. The Bertz CT molecular complexity index is 692. The van der Waals surface area contributed by atoms with Gasteiger partial charge >= 0.3 is 0 Å². The minimum Gasteiger partial charge on any atom is -0.306 e. The van der Waals surface area contributed by atoms with Crippen LogP contribution in [0.15, 0.2) is 48.2 Å². The number of pyridine rings is 1. The van der Waals surface area contributed by atoms with Crippen molar-refractivity contribution in [2.75, 3.05) is 0 Å². The van der Waals surface area contributed by atoms with E-state index in [1.807, 2.05) is 41.3 Å². The SMILES string of the molecule is C[C@H]([C@@H](C)NCc1csc(-c2ccccn2)n1)n1cccn1. The first-order valence-electron chi connectivity index (χ1n) is 7.32. The Kier molecular flexibility index (Phi) is 4.60. The van der Waals surface area contributed by atoms with E-state index in [0.29, 0.717) is 12.1 Å². The zero-order valence-corrected chi connectivity index (χ0v) is 13.5. The summed E-state index contributed by atoms with van der Waals surface area (Å²) in [6.07, 6.45) is 5.59. The topological polar surface area (TPSA) is 55.6 Å². The Morgan fingerprint density at radius 2 is 2.14 bits per heavy atom. The smallest absolute Gasteiger partial charge is 0.142 e. The third-order valence-electron chi connectivity index (χ3n) is 3.71. The van der Waals surface area contributed by atoms with Gasteiger partial charge in [0.1, 0.15) is 5.01 Å². The summed E-state index contributed by atoms with van der Waals surface area (Å²) >= 11 is 1.63. The molecule has 0 aliphatic rings. The van der Waals surface area contributed by atoms with Gasteiger partial charge in [-0.3, -0.25) is 9.67 Å². The normalized spacial score (nSPS) is 13.9. The molecule has 0 radical (unpaired) electrons. The van der Waals surface area contributed by atoms with Gasteiger partial charge in [0, 0.05) is 36.6 Å². The van der Waals surface area contributed by atoms with Gasteiger partial charge < -0.3 is 5.32 Å². The molecule has 0 unspecified atom stereocenters. The lowest BCUT2D eigenvalue weighted by Crippen LogP contribution is -2.33. The van der Waals surface area contributed by atoms with E-state index in [4.69, 9.17) is 0 Å². The third kappa shape index (κ3) is 3.40. The van der Waals surface area contributed by atoms with Crippen LogP contribution >= 0.6 is 11.3 Å². The van der Waals surface area contributed by atoms with E-state index in [9.17, 15) is 0 Å². The molecule has 3 aromatic rings. The second kappa shape index (κ2) is 6.81. The monoisotopic (exact) mass is 313 g/mol. The molecule has 1 N–H and O–H groups in total. The second-order valence-corrected chi connectivity index (χ2v) is 6.11. The molecule has 0 fully saturated rings. The van der Waals surface area contributed by atoms with E-state index in [1.165, 1.54) is 0 Å². The fraction of sp³-hybridized carbons (Fsp3) is 0.312. The van der Waals surface area contributed by atoms with Crippen molar-refractivity contribution in [3.63, 3.8) is 0 Å². The molecule has 0 aliphatic heterocycles. The number of hydrogen-bond acceptors (Lipinski definition) is 5. The molecule has 5 nitrogen and oxygen atoms in total. The van der Waals surface area contributed by atoms with E-state index >= 15 is 0 Å². The van der Waals surface area contributed by atoms with Crippen LogP contribution in [0.3, 0.4) is 0 Å². The van der Waals surface area contributed by atoms with Crippen LogP contribution in [-0.4, -0.2) is 25.8 Å². The molecule has 0 spiro atoms. The van der Waals surface area contributed by atoms with Crippen molar-refractivity contribution >= 4 is 11.3 Å². The van der Waals surface area contributed by atoms with E-state index in [1.54, 1.807) is 17.5 Å². The molecule has 2 atom stereocenters. The van der Waals surface area contributed by atoms with Crippen LogP contribution in [0.5, 0.6) is 0 Å². The lowest BCUT2D eigenvalue weighted by atomic mass is 10.2. The summed E-state index contributed by atoms with van der Waals surface area (Å²) in [6.45, 7) is 5.07. The van der Waals surface area contributed by atoms with Gasteiger partial charge in [0.15, 0.2) is 0 Å². The molecule has 0 saturated carbocycles. The number of nitrogens with one attached hydrogen (secondary N) is 1. The van der Waals surface area contributed by atoms with Crippen LogP contribution in [0.25, 0.3) is 10.7 Å². The highest BCUT2D eigenvalue weighted by atomic mass is 32.1. The Balaban J connectivity index is 1.59. The van der Waals surface area contributed by atoms with Crippen molar-refractivity contribution in [2.24, 2.45) is 0 Å².